The van der Waals surface area contributed by atoms with Crippen LogP contribution in [0.1, 0.15) is 0 Å². The molecule has 5 nitrogen and oxygen atoms in total. The number of amides is 2. The molecule has 0 aliphatic carbocycles. The number of urea groups is 1. The molecule has 21 heavy (non-hydrogen) atoms. The second-order valence-corrected chi connectivity index (χ2v) is 4.47. The van der Waals surface area contributed by atoms with Crippen LogP contribution in [0.25, 0.3) is 0 Å². The van der Waals surface area contributed by atoms with Crippen LogP contribution in [-0.2, 0) is 0 Å². The maximum absolute atomic E-state index is 11.8. The zero-order valence-corrected chi connectivity index (χ0v) is 12.0. The Morgan fingerprint density at radius 2 is 1.67 bits per heavy atom. The highest BCUT2D eigenvalue weighted by molar-refractivity contribution is 6.18. The molecule has 3 N–H and O–H groups in total. The largest absolute Gasteiger partial charge is 0.469 e. The molecule has 0 aromatic heterocycles. The summed E-state index contributed by atoms with van der Waals surface area (Å²) in [4.78, 5) is 11.8. The summed E-state index contributed by atoms with van der Waals surface area (Å²) in [6.45, 7) is 0. The number of hydrazine groups is 1. The number of benzene rings is 2. The van der Waals surface area contributed by atoms with Gasteiger partial charge in [-0.25, -0.2) is 4.79 Å². The summed E-state index contributed by atoms with van der Waals surface area (Å²) >= 11 is 5.79. The number of nitrogens with one attached hydrogen (secondary N) is 3. The first-order valence-electron chi connectivity index (χ1n) is 6.43. The molecule has 2 aromatic rings. The van der Waals surface area contributed by atoms with Crippen molar-refractivity contribution in [3.8, 4) is 5.75 Å². The van der Waals surface area contributed by atoms with E-state index in [2.05, 4.69) is 16.2 Å². The molecule has 2 aromatic carbocycles. The van der Waals surface area contributed by atoms with Crippen LogP contribution in [0.4, 0.5) is 10.5 Å². The van der Waals surface area contributed by atoms with E-state index in [4.69, 9.17) is 16.3 Å². The monoisotopic (exact) mass is 305 g/mol. The van der Waals surface area contributed by atoms with Crippen molar-refractivity contribution in [2.24, 2.45) is 0 Å². The maximum atomic E-state index is 11.8. The standard InChI is InChI=1S/C15H16ClN3O2/c16-11-14(21-13-9-5-2-6-10-13)17-15(20)19-18-12-7-3-1-4-8-12/h1-10,14,18H,11H2,(H2,17,19,20). The van der Waals surface area contributed by atoms with Gasteiger partial charge in [-0.1, -0.05) is 36.4 Å². The summed E-state index contributed by atoms with van der Waals surface area (Å²) in [6.07, 6.45) is -0.619. The van der Waals surface area contributed by atoms with Gasteiger partial charge in [0.25, 0.3) is 0 Å². The highest BCUT2D eigenvalue weighted by atomic mass is 35.5. The lowest BCUT2D eigenvalue weighted by Crippen LogP contribution is -2.47. The van der Waals surface area contributed by atoms with Crippen LogP contribution in [0.5, 0.6) is 5.75 Å². The second kappa shape index (κ2) is 8.01. The lowest BCUT2D eigenvalue weighted by atomic mass is 10.3. The van der Waals surface area contributed by atoms with E-state index < -0.39 is 12.3 Å². The van der Waals surface area contributed by atoms with Gasteiger partial charge in [-0.2, -0.15) is 0 Å². The normalized spacial score (nSPS) is 11.3. The van der Waals surface area contributed by atoms with Crippen LogP contribution in [0.15, 0.2) is 60.7 Å². The predicted molar refractivity (Wildman–Crippen MR) is 83.3 cm³/mol. The average molecular weight is 306 g/mol. The number of para-hydroxylation sites is 2. The molecule has 0 bridgehead atoms. The molecular weight excluding hydrogens is 290 g/mol. The summed E-state index contributed by atoms with van der Waals surface area (Å²) in [5.41, 5.74) is 6.06. The average Bonchev–Trinajstić information content (AvgIpc) is 2.54. The third-order valence-corrected chi connectivity index (χ3v) is 2.83. The van der Waals surface area contributed by atoms with Crippen molar-refractivity contribution >= 4 is 23.3 Å². The highest BCUT2D eigenvalue weighted by Crippen LogP contribution is 2.10. The maximum Gasteiger partial charge on any atom is 0.336 e. The van der Waals surface area contributed by atoms with Crippen LogP contribution in [0, 0.1) is 0 Å². The van der Waals surface area contributed by atoms with Gasteiger partial charge in [0, 0.05) is 0 Å². The van der Waals surface area contributed by atoms with Gasteiger partial charge in [0.05, 0.1) is 11.6 Å². The Morgan fingerprint density at radius 3 is 2.29 bits per heavy atom. The molecule has 1 unspecified atom stereocenters. The van der Waals surface area contributed by atoms with Crippen molar-refractivity contribution in [2.75, 3.05) is 11.3 Å². The van der Waals surface area contributed by atoms with Gasteiger partial charge in [0.2, 0.25) is 0 Å². The number of ether oxygens (including phenoxy) is 1. The summed E-state index contributed by atoms with van der Waals surface area (Å²) in [5.74, 6) is 0.771. The minimum atomic E-state index is -0.619. The first-order chi connectivity index (χ1) is 10.3. The Labute approximate surface area is 128 Å². The molecule has 0 aliphatic heterocycles. The lowest BCUT2D eigenvalue weighted by Gasteiger charge is -2.18. The number of hydrogen-bond acceptors (Lipinski definition) is 3. The van der Waals surface area contributed by atoms with E-state index in [0.29, 0.717) is 5.75 Å². The Hall–Kier alpha value is -2.40. The van der Waals surface area contributed by atoms with E-state index in [1.54, 1.807) is 12.1 Å². The molecule has 0 aliphatic rings. The van der Waals surface area contributed by atoms with Crippen molar-refractivity contribution in [3.63, 3.8) is 0 Å². The molecule has 0 saturated heterocycles. The third kappa shape index (κ3) is 5.24. The molecule has 0 fully saturated rings. The van der Waals surface area contributed by atoms with E-state index in [1.807, 2.05) is 48.5 Å². The first-order valence-corrected chi connectivity index (χ1v) is 6.96. The van der Waals surface area contributed by atoms with Gasteiger partial charge < -0.3 is 10.1 Å². The quantitative estimate of drug-likeness (QED) is 0.437. The van der Waals surface area contributed by atoms with E-state index in [0.717, 1.165) is 5.69 Å². The summed E-state index contributed by atoms with van der Waals surface area (Å²) in [5, 5.41) is 2.62. The molecule has 1 atom stereocenters. The fourth-order valence-electron chi connectivity index (χ4n) is 1.60. The van der Waals surface area contributed by atoms with Crippen LogP contribution in [0.3, 0.4) is 0 Å². The first kappa shape index (κ1) is 15.0. The number of carbonyl (C=O) groups excluding carboxylic acids is 1. The number of hydrogen-bond donors (Lipinski definition) is 3. The highest BCUT2D eigenvalue weighted by Gasteiger charge is 2.12. The van der Waals surface area contributed by atoms with Crippen molar-refractivity contribution in [2.45, 2.75) is 6.23 Å². The molecule has 0 spiro atoms. The zero-order chi connectivity index (χ0) is 14.9. The van der Waals surface area contributed by atoms with Gasteiger partial charge >= 0.3 is 6.03 Å². The fourth-order valence-corrected chi connectivity index (χ4v) is 1.74. The van der Waals surface area contributed by atoms with Gasteiger partial charge in [-0.15, -0.1) is 11.6 Å². The Morgan fingerprint density at radius 1 is 1.05 bits per heavy atom. The topological polar surface area (TPSA) is 62.4 Å². The number of carbonyl (C=O) groups is 1. The molecule has 2 amide bonds. The van der Waals surface area contributed by atoms with E-state index in [9.17, 15) is 4.79 Å². The van der Waals surface area contributed by atoms with Crippen LogP contribution in [-0.4, -0.2) is 18.1 Å². The second-order valence-electron chi connectivity index (χ2n) is 4.16. The Kier molecular flexibility index (Phi) is 5.72. The number of rotatable bonds is 6. The third-order valence-electron chi connectivity index (χ3n) is 2.55. The Balaban J connectivity index is 1.80. The van der Waals surface area contributed by atoms with Crippen LogP contribution < -0.4 is 20.9 Å². The van der Waals surface area contributed by atoms with Gasteiger partial charge in [-0.3, -0.25) is 10.9 Å². The number of anilines is 1. The molecule has 6 heteroatoms. The van der Waals surface area contributed by atoms with Gasteiger partial charge in [0.1, 0.15) is 5.75 Å². The van der Waals surface area contributed by atoms with Crippen molar-refractivity contribution in [1.29, 1.82) is 0 Å². The van der Waals surface area contributed by atoms with Crippen molar-refractivity contribution in [1.82, 2.24) is 10.7 Å². The van der Waals surface area contributed by atoms with E-state index in [-0.39, 0.29) is 5.88 Å². The zero-order valence-electron chi connectivity index (χ0n) is 11.3. The van der Waals surface area contributed by atoms with Gasteiger partial charge in [0.15, 0.2) is 6.23 Å². The molecule has 110 valence electrons. The summed E-state index contributed by atoms with van der Waals surface area (Å²) in [6, 6.07) is 18.0. The van der Waals surface area contributed by atoms with Gasteiger partial charge in [-0.05, 0) is 24.3 Å². The smallest absolute Gasteiger partial charge is 0.336 e. The fraction of sp³-hybridized carbons (Fsp3) is 0.133. The molecule has 2 rings (SSSR count). The lowest BCUT2D eigenvalue weighted by molar-refractivity contribution is 0.180. The molecule has 0 heterocycles. The van der Waals surface area contributed by atoms with Crippen molar-refractivity contribution in [3.05, 3.63) is 60.7 Å². The van der Waals surface area contributed by atoms with Crippen molar-refractivity contribution < 1.29 is 9.53 Å². The molecular formula is C15H16ClN3O2. The summed E-state index contributed by atoms with van der Waals surface area (Å²) in [7, 11) is 0. The van der Waals surface area contributed by atoms with Crippen LogP contribution in [0.2, 0.25) is 0 Å². The molecule has 0 saturated carbocycles. The number of halogens is 1. The summed E-state index contributed by atoms with van der Waals surface area (Å²) < 4.78 is 5.55. The SMILES string of the molecule is O=C(NNc1ccccc1)NC(CCl)Oc1ccccc1. The van der Waals surface area contributed by atoms with E-state index >= 15 is 0 Å². The molecule has 0 radical (unpaired) electrons. The predicted octanol–water partition coefficient (Wildman–Crippen LogP) is 2.96. The minimum absolute atomic E-state index is 0.133. The minimum Gasteiger partial charge on any atom is -0.469 e. The van der Waals surface area contributed by atoms with E-state index in [1.165, 1.54) is 0 Å². The number of alkyl halides is 1. The Bertz CT molecular complexity index is 551. The van der Waals surface area contributed by atoms with Crippen LogP contribution >= 0.6 is 11.6 Å².